The third-order valence-corrected chi connectivity index (χ3v) is 7.15. The van der Waals surface area contributed by atoms with Gasteiger partial charge >= 0.3 is 0 Å². The summed E-state index contributed by atoms with van der Waals surface area (Å²) in [6.07, 6.45) is 0.0610. The van der Waals surface area contributed by atoms with Crippen LogP contribution in [-0.2, 0) is 16.1 Å². The Labute approximate surface area is 213 Å². The van der Waals surface area contributed by atoms with E-state index in [0.717, 1.165) is 11.1 Å². The van der Waals surface area contributed by atoms with Crippen molar-refractivity contribution in [3.05, 3.63) is 93.7 Å². The summed E-state index contributed by atoms with van der Waals surface area (Å²) in [6, 6.07) is 11.4. The van der Waals surface area contributed by atoms with E-state index in [4.69, 9.17) is 0 Å². The molecule has 0 saturated heterocycles. The highest BCUT2D eigenvalue weighted by Gasteiger charge is 2.41. The lowest BCUT2D eigenvalue weighted by Crippen LogP contribution is -2.42. The van der Waals surface area contributed by atoms with E-state index in [0.29, 0.717) is 22.1 Å². The molecule has 2 aromatic carbocycles. The largest absolute Gasteiger partial charge is 0.352 e. The van der Waals surface area contributed by atoms with Gasteiger partial charge in [0.1, 0.15) is 11.6 Å². The molecule has 0 aromatic heterocycles. The number of aliphatic imine (C=N–C) groups is 1. The summed E-state index contributed by atoms with van der Waals surface area (Å²) in [4.78, 5) is 34.6. The second-order valence-electron chi connectivity index (χ2n) is 9.03. The Morgan fingerprint density at radius 1 is 1.08 bits per heavy atom. The molecule has 4 rings (SSSR count). The van der Waals surface area contributed by atoms with Crippen molar-refractivity contribution in [1.82, 2.24) is 15.1 Å². The van der Waals surface area contributed by atoms with Gasteiger partial charge in [-0.05, 0) is 61.6 Å². The molecule has 2 aliphatic rings. The van der Waals surface area contributed by atoms with Gasteiger partial charge in [-0.2, -0.15) is 0 Å². The molecular formula is C27H28F2N4O2S. The van der Waals surface area contributed by atoms with Gasteiger partial charge in [0.25, 0.3) is 5.91 Å². The van der Waals surface area contributed by atoms with Crippen LogP contribution in [0.3, 0.4) is 0 Å². The zero-order chi connectivity index (χ0) is 26.0. The smallest absolute Gasteiger partial charge is 0.254 e. The molecule has 6 nitrogen and oxygen atoms in total. The number of hydrogen-bond donors (Lipinski definition) is 1. The van der Waals surface area contributed by atoms with Crippen LogP contribution in [0.1, 0.15) is 44.4 Å². The van der Waals surface area contributed by atoms with E-state index in [1.165, 1.54) is 36.0 Å². The summed E-state index contributed by atoms with van der Waals surface area (Å²) >= 11 is 1.39. The predicted molar refractivity (Wildman–Crippen MR) is 138 cm³/mol. The van der Waals surface area contributed by atoms with Gasteiger partial charge in [-0.15, -0.1) is 0 Å². The molecule has 2 aliphatic heterocycles. The van der Waals surface area contributed by atoms with Crippen LogP contribution in [0.25, 0.3) is 0 Å². The van der Waals surface area contributed by atoms with Gasteiger partial charge in [0.15, 0.2) is 5.17 Å². The van der Waals surface area contributed by atoms with Crippen LogP contribution in [0.5, 0.6) is 0 Å². The number of amides is 2. The molecule has 0 radical (unpaired) electrons. The average molecular weight is 511 g/mol. The third kappa shape index (κ3) is 5.36. The van der Waals surface area contributed by atoms with Crippen LogP contribution in [0.2, 0.25) is 0 Å². The Morgan fingerprint density at radius 3 is 2.31 bits per heavy atom. The van der Waals surface area contributed by atoms with Gasteiger partial charge in [-0.3, -0.25) is 9.59 Å². The molecule has 9 heteroatoms. The number of carbonyl (C=O) groups is 2. The first kappa shape index (κ1) is 25.6. The fourth-order valence-corrected chi connectivity index (χ4v) is 5.02. The molecule has 2 heterocycles. The zero-order valence-corrected chi connectivity index (χ0v) is 21.4. The molecule has 0 fully saturated rings. The number of likely N-dealkylation sites (N-methyl/N-ethyl adjacent to an activating group) is 1. The average Bonchev–Trinajstić information content (AvgIpc) is 3.24. The highest BCUT2D eigenvalue weighted by Crippen LogP contribution is 2.45. The van der Waals surface area contributed by atoms with Crippen molar-refractivity contribution in [3.63, 3.8) is 0 Å². The standard InChI is InChI=1S/C27H28F2N4O2S/c1-16(2)32(4)26(35)24-17(3)31-27-33(25(24)19-7-11-21(29)12-8-19)22(15-36-27)13-23(34)30-14-18-5-9-20(28)10-6-18/h5-12,15-16,25H,13-14H2,1-4H3,(H,30,34). The van der Waals surface area contributed by atoms with Gasteiger partial charge in [-0.25, -0.2) is 13.8 Å². The third-order valence-electron chi connectivity index (χ3n) is 6.26. The van der Waals surface area contributed by atoms with Crippen molar-refractivity contribution >= 4 is 28.7 Å². The molecule has 2 aromatic rings. The normalized spacial score (nSPS) is 17.1. The van der Waals surface area contributed by atoms with Crippen molar-refractivity contribution in [2.75, 3.05) is 7.05 Å². The fraction of sp³-hybridized carbons (Fsp3) is 0.296. The fourth-order valence-electron chi connectivity index (χ4n) is 4.06. The monoisotopic (exact) mass is 510 g/mol. The Hall–Kier alpha value is -3.46. The Kier molecular flexibility index (Phi) is 7.59. The minimum atomic E-state index is -0.557. The van der Waals surface area contributed by atoms with E-state index < -0.39 is 6.04 Å². The van der Waals surface area contributed by atoms with Crippen LogP contribution in [0.4, 0.5) is 8.78 Å². The minimum Gasteiger partial charge on any atom is -0.352 e. The maximum absolute atomic E-state index is 13.8. The maximum Gasteiger partial charge on any atom is 0.254 e. The van der Waals surface area contributed by atoms with Crippen LogP contribution in [-0.4, -0.2) is 39.9 Å². The van der Waals surface area contributed by atoms with Crippen molar-refractivity contribution in [3.8, 4) is 0 Å². The van der Waals surface area contributed by atoms with E-state index in [1.54, 1.807) is 43.1 Å². The van der Waals surface area contributed by atoms with Crippen LogP contribution in [0, 0.1) is 11.6 Å². The SMILES string of the molecule is CC1=C(C(=O)N(C)C(C)C)C(c2ccc(F)cc2)N2C(CC(=O)NCc3ccc(F)cc3)=CSC2=N1. The van der Waals surface area contributed by atoms with Gasteiger partial charge < -0.3 is 15.1 Å². The van der Waals surface area contributed by atoms with Gasteiger partial charge in [0.2, 0.25) is 5.91 Å². The number of nitrogens with one attached hydrogen (secondary N) is 1. The number of benzene rings is 2. The molecule has 0 spiro atoms. The van der Waals surface area contributed by atoms with E-state index in [2.05, 4.69) is 10.3 Å². The quantitative estimate of drug-likeness (QED) is 0.562. The number of carbonyl (C=O) groups excluding carboxylic acids is 2. The topological polar surface area (TPSA) is 65.0 Å². The minimum absolute atomic E-state index is 0.0303. The summed E-state index contributed by atoms with van der Waals surface area (Å²) in [7, 11) is 1.74. The van der Waals surface area contributed by atoms with Gasteiger partial charge in [0.05, 0.1) is 23.7 Å². The summed E-state index contributed by atoms with van der Waals surface area (Å²) in [5, 5.41) is 5.38. The van der Waals surface area contributed by atoms with E-state index >= 15 is 0 Å². The molecule has 0 aliphatic carbocycles. The first-order valence-electron chi connectivity index (χ1n) is 11.6. The first-order valence-corrected chi connectivity index (χ1v) is 12.5. The van der Waals surface area contributed by atoms with Crippen molar-refractivity contribution in [2.45, 2.75) is 45.8 Å². The highest BCUT2D eigenvalue weighted by atomic mass is 32.2. The molecule has 0 bridgehead atoms. The van der Waals surface area contributed by atoms with E-state index in [-0.39, 0.29) is 42.5 Å². The summed E-state index contributed by atoms with van der Waals surface area (Å²) < 4.78 is 26.9. The first-order chi connectivity index (χ1) is 17.2. The van der Waals surface area contributed by atoms with E-state index in [1.807, 2.05) is 24.2 Å². The molecule has 188 valence electrons. The Morgan fingerprint density at radius 2 is 1.69 bits per heavy atom. The second-order valence-corrected chi connectivity index (χ2v) is 9.87. The summed E-state index contributed by atoms with van der Waals surface area (Å²) in [5.41, 5.74) is 3.28. The molecule has 0 saturated carbocycles. The molecule has 36 heavy (non-hydrogen) atoms. The number of rotatable bonds is 7. The van der Waals surface area contributed by atoms with Crippen molar-refractivity contribution in [1.29, 1.82) is 0 Å². The lowest BCUT2D eigenvalue weighted by Gasteiger charge is -2.38. The number of halogens is 2. The lowest BCUT2D eigenvalue weighted by molar-refractivity contribution is -0.128. The maximum atomic E-state index is 13.8. The molecule has 2 amide bonds. The number of hydrogen-bond acceptors (Lipinski definition) is 5. The van der Waals surface area contributed by atoms with Crippen LogP contribution in [0.15, 0.2) is 75.9 Å². The lowest BCUT2D eigenvalue weighted by atomic mass is 9.92. The van der Waals surface area contributed by atoms with Crippen LogP contribution < -0.4 is 5.32 Å². The Bertz CT molecular complexity index is 1250. The van der Waals surface area contributed by atoms with Gasteiger partial charge in [-0.1, -0.05) is 36.0 Å². The van der Waals surface area contributed by atoms with Crippen molar-refractivity contribution < 1.29 is 18.4 Å². The summed E-state index contributed by atoms with van der Waals surface area (Å²) in [6.45, 7) is 5.93. The number of amidine groups is 1. The number of fused-ring (bicyclic) bond motifs is 1. The molecular weight excluding hydrogens is 482 g/mol. The predicted octanol–water partition coefficient (Wildman–Crippen LogP) is 5.11. The molecule has 1 unspecified atom stereocenters. The summed E-state index contributed by atoms with van der Waals surface area (Å²) in [5.74, 6) is -1.10. The Balaban J connectivity index is 1.62. The van der Waals surface area contributed by atoms with E-state index in [9.17, 15) is 18.4 Å². The van der Waals surface area contributed by atoms with Crippen LogP contribution >= 0.6 is 11.8 Å². The number of nitrogens with zero attached hydrogens (tertiary/aromatic N) is 3. The number of allylic oxidation sites excluding steroid dienone is 1. The van der Waals surface area contributed by atoms with Gasteiger partial charge in [0, 0.05) is 25.3 Å². The molecule has 1 atom stereocenters. The molecule has 1 N–H and O–H groups in total. The highest BCUT2D eigenvalue weighted by molar-refractivity contribution is 8.16. The van der Waals surface area contributed by atoms with Crippen molar-refractivity contribution in [2.24, 2.45) is 4.99 Å². The zero-order valence-electron chi connectivity index (χ0n) is 20.6. The number of thioether (sulfide) groups is 1. The second kappa shape index (κ2) is 10.7.